The first-order valence-electron chi connectivity index (χ1n) is 13.2. The highest BCUT2D eigenvalue weighted by molar-refractivity contribution is 7.59. The van der Waals surface area contributed by atoms with Gasteiger partial charge in [-0.3, -0.25) is 14.8 Å². The Kier molecular flexibility index (Phi) is 9.04. The van der Waals surface area contributed by atoms with Crippen LogP contribution in [0.15, 0.2) is 36.5 Å². The van der Waals surface area contributed by atoms with Gasteiger partial charge in [0, 0.05) is 65.7 Å². The van der Waals surface area contributed by atoms with Crippen molar-refractivity contribution in [3.05, 3.63) is 69.6 Å². The van der Waals surface area contributed by atoms with E-state index in [-0.39, 0.29) is 37.5 Å². The highest BCUT2D eigenvalue weighted by Gasteiger charge is 2.31. The molecule has 3 heterocycles. The van der Waals surface area contributed by atoms with Crippen molar-refractivity contribution in [2.75, 3.05) is 26.2 Å². The number of aromatic nitrogens is 2. The maximum Gasteiger partial charge on any atom is 0.409 e. The Labute approximate surface area is 241 Å². The van der Waals surface area contributed by atoms with Crippen LogP contribution in [0, 0.1) is 12.3 Å². The van der Waals surface area contributed by atoms with Crippen LogP contribution in [0.4, 0.5) is 4.79 Å². The van der Waals surface area contributed by atoms with Crippen molar-refractivity contribution in [1.29, 1.82) is 0 Å². The second-order valence-electron chi connectivity index (χ2n) is 10.0. The molecule has 1 fully saturated rings. The van der Waals surface area contributed by atoms with E-state index >= 15 is 0 Å². The second-order valence-corrected chi connectivity index (χ2v) is 10.4. The number of carbonyl (C=O) groups is 2. The largest absolute Gasteiger partial charge is 0.449 e. The van der Waals surface area contributed by atoms with E-state index in [0.29, 0.717) is 42.3 Å². The quantitative estimate of drug-likeness (QED) is 0.400. The number of fused-ring (bicyclic) bond motifs is 2. The first kappa shape index (κ1) is 28.7. The van der Waals surface area contributed by atoms with Gasteiger partial charge in [-0.15, -0.1) is 6.42 Å². The van der Waals surface area contributed by atoms with E-state index in [9.17, 15) is 9.59 Å². The van der Waals surface area contributed by atoms with Gasteiger partial charge in [-0.05, 0) is 62.4 Å². The minimum Gasteiger partial charge on any atom is -0.449 e. The van der Waals surface area contributed by atoms with Crippen molar-refractivity contribution in [3.8, 4) is 12.3 Å². The maximum absolute atomic E-state index is 13.5. The summed E-state index contributed by atoms with van der Waals surface area (Å²) in [6.07, 6.45) is 10.2. The molecule has 0 spiro atoms. The Morgan fingerprint density at radius 1 is 1.23 bits per heavy atom. The number of piperazine rings is 1. The molecule has 9 heteroatoms. The minimum atomic E-state index is -0.319. The van der Waals surface area contributed by atoms with Gasteiger partial charge in [0.1, 0.15) is 0 Å². The number of hydrogen-bond donors (Lipinski definition) is 0. The Balaban J connectivity index is 0.00000353. The SMILES string of the molecule is C#Cc1ccc(C2CCc3c(nc4cc(C(=O)N5CCN(C(=O)OCCC)C[C@@H]5C)ccc4c3Cl)C2)nc1.S. The fraction of sp³-hybridized carbons (Fsp3) is 0.400. The molecule has 7 nitrogen and oxygen atoms in total. The molecular formula is C30H33ClN4O3S. The zero-order valence-corrected chi connectivity index (χ0v) is 24.0. The molecule has 0 radical (unpaired) electrons. The lowest BCUT2D eigenvalue weighted by Gasteiger charge is -2.39. The van der Waals surface area contributed by atoms with Crippen LogP contribution in [0.2, 0.25) is 5.02 Å². The number of ether oxygens (including phenoxy) is 1. The molecule has 0 N–H and O–H groups in total. The molecule has 1 unspecified atom stereocenters. The molecule has 2 aliphatic rings. The highest BCUT2D eigenvalue weighted by atomic mass is 35.5. The first-order chi connectivity index (χ1) is 18.4. The summed E-state index contributed by atoms with van der Waals surface area (Å²) in [6, 6.07) is 9.34. The molecule has 0 saturated carbocycles. The van der Waals surface area contributed by atoms with Crippen LogP contribution >= 0.6 is 25.1 Å². The smallest absolute Gasteiger partial charge is 0.409 e. The predicted molar refractivity (Wildman–Crippen MR) is 158 cm³/mol. The number of amides is 2. The molecule has 3 aromatic rings. The Morgan fingerprint density at radius 3 is 2.74 bits per heavy atom. The van der Waals surface area contributed by atoms with Crippen LogP contribution in [0.25, 0.3) is 10.9 Å². The number of nitrogens with zero attached hydrogens (tertiary/aromatic N) is 4. The van der Waals surface area contributed by atoms with Crippen molar-refractivity contribution >= 4 is 48.0 Å². The fourth-order valence-electron chi connectivity index (χ4n) is 5.38. The number of terminal acetylenes is 1. The highest BCUT2D eigenvalue weighted by Crippen LogP contribution is 2.38. The van der Waals surface area contributed by atoms with Crippen molar-refractivity contribution < 1.29 is 14.3 Å². The monoisotopic (exact) mass is 564 g/mol. The van der Waals surface area contributed by atoms with Crippen molar-refractivity contribution in [3.63, 3.8) is 0 Å². The summed E-state index contributed by atoms with van der Waals surface area (Å²) in [6.45, 7) is 5.65. The third-order valence-corrected chi connectivity index (χ3v) is 7.91. The molecule has 0 bridgehead atoms. The van der Waals surface area contributed by atoms with Gasteiger partial charge in [-0.25, -0.2) is 4.79 Å². The van der Waals surface area contributed by atoms with Crippen molar-refractivity contribution in [1.82, 2.24) is 19.8 Å². The van der Waals surface area contributed by atoms with Gasteiger partial charge in [0.05, 0.1) is 17.1 Å². The summed E-state index contributed by atoms with van der Waals surface area (Å²) in [5.74, 6) is 2.77. The Hall–Kier alpha value is -3.28. The van der Waals surface area contributed by atoms with Crippen LogP contribution in [0.3, 0.4) is 0 Å². The van der Waals surface area contributed by atoms with Crippen LogP contribution in [0.1, 0.15) is 65.5 Å². The number of rotatable bonds is 4. The van der Waals surface area contributed by atoms with Crippen LogP contribution in [0.5, 0.6) is 0 Å². The lowest BCUT2D eigenvalue weighted by Crippen LogP contribution is -2.55. The van der Waals surface area contributed by atoms with Crippen LogP contribution < -0.4 is 0 Å². The summed E-state index contributed by atoms with van der Waals surface area (Å²) in [5.41, 5.74) is 5.08. The van der Waals surface area contributed by atoms with E-state index in [1.807, 2.05) is 49.1 Å². The summed E-state index contributed by atoms with van der Waals surface area (Å²) >= 11 is 6.86. The average Bonchev–Trinajstić information content (AvgIpc) is 2.95. The van der Waals surface area contributed by atoms with Crippen LogP contribution in [-0.2, 0) is 17.6 Å². The maximum atomic E-state index is 13.5. The first-order valence-corrected chi connectivity index (χ1v) is 13.5. The molecule has 2 atom stereocenters. The van der Waals surface area contributed by atoms with E-state index in [4.69, 9.17) is 27.7 Å². The topological polar surface area (TPSA) is 75.6 Å². The molecule has 204 valence electrons. The third-order valence-electron chi connectivity index (χ3n) is 7.48. The standard InChI is InChI=1S/C30H31ClN4O3.H2S/c1-4-14-38-30(37)34-12-13-35(19(3)18-34)29(36)22-8-10-24-27(16-22)33-26-15-21(7-9-23(26)28(24)31)25-11-6-20(5-2)17-32-25;/h2,6,8,10-11,16-17,19,21H,4,7,9,12-15,18H2,1,3H3;1H2/t19-,21?;/m0./s1. The summed E-state index contributed by atoms with van der Waals surface area (Å²) in [5, 5.41) is 1.57. The van der Waals surface area contributed by atoms with Gasteiger partial charge in [-0.1, -0.05) is 30.5 Å². The van der Waals surface area contributed by atoms with E-state index in [1.54, 1.807) is 11.1 Å². The fourth-order valence-corrected chi connectivity index (χ4v) is 5.74. The van der Waals surface area contributed by atoms with E-state index < -0.39 is 0 Å². The molecule has 1 saturated heterocycles. The molecule has 1 aliphatic heterocycles. The number of hydrogen-bond acceptors (Lipinski definition) is 5. The van der Waals surface area contributed by atoms with Gasteiger partial charge in [0.2, 0.25) is 0 Å². The van der Waals surface area contributed by atoms with E-state index in [0.717, 1.165) is 53.6 Å². The number of pyridine rings is 2. The minimum absolute atomic E-state index is 0. The molecule has 39 heavy (non-hydrogen) atoms. The zero-order valence-electron chi connectivity index (χ0n) is 22.2. The summed E-state index contributed by atoms with van der Waals surface area (Å²) in [7, 11) is 0. The lowest BCUT2D eigenvalue weighted by atomic mass is 9.84. The van der Waals surface area contributed by atoms with Gasteiger partial charge < -0.3 is 14.5 Å². The molecular weight excluding hydrogens is 532 g/mol. The van der Waals surface area contributed by atoms with Gasteiger partial charge >= 0.3 is 6.09 Å². The second kappa shape index (κ2) is 12.3. The summed E-state index contributed by atoms with van der Waals surface area (Å²) < 4.78 is 5.26. The molecule has 1 aromatic carbocycles. The average molecular weight is 565 g/mol. The summed E-state index contributed by atoms with van der Waals surface area (Å²) in [4.78, 5) is 38.8. The number of carbonyl (C=O) groups excluding carboxylic acids is 2. The lowest BCUT2D eigenvalue weighted by molar-refractivity contribution is 0.0414. The van der Waals surface area contributed by atoms with Crippen molar-refractivity contribution in [2.45, 2.75) is 51.5 Å². The normalized spacial score (nSPS) is 18.6. The van der Waals surface area contributed by atoms with E-state index in [1.165, 1.54) is 0 Å². The molecule has 5 rings (SSSR count). The van der Waals surface area contributed by atoms with E-state index in [2.05, 4.69) is 10.9 Å². The number of halogens is 1. The van der Waals surface area contributed by atoms with Gasteiger partial charge in [0.15, 0.2) is 0 Å². The number of benzene rings is 1. The Bertz CT molecular complexity index is 1420. The van der Waals surface area contributed by atoms with Gasteiger partial charge in [-0.2, -0.15) is 13.5 Å². The molecule has 1 aliphatic carbocycles. The van der Waals surface area contributed by atoms with Crippen LogP contribution in [-0.4, -0.2) is 64.1 Å². The third kappa shape index (κ3) is 5.85. The Morgan fingerprint density at radius 2 is 2.05 bits per heavy atom. The molecule has 2 aromatic heterocycles. The van der Waals surface area contributed by atoms with Gasteiger partial charge in [0.25, 0.3) is 5.91 Å². The van der Waals surface area contributed by atoms with Crippen molar-refractivity contribution in [2.24, 2.45) is 0 Å². The zero-order chi connectivity index (χ0) is 26.8. The molecule has 2 amide bonds. The predicted octanol–water partition coefficient (Wildman–Crippen LogP) is 5.34.